The Morgan fingerprint density at radius 3 is 2.78 bits per heavy atom. The Kier molecular flexibility index (Phi) is 3.55. The Bertz CT molecular complexity index is 425. The topological polar surface area (TPSA) is 59.2 Å². The van der Waals surface area contributed by atoms with Crippen molar-refractivity contribution in [3.8, 4) is 0 Å². The molecule has 0 aliphatic carbocycles. The Morgan fingerprint density at radius 1 is 1.33 bits per heavy atom. The number of amides is 1. The molecule has 2 heterocycles. The number of hydrogen-bond acceptors (Lipinski definition) is 3. The van der Waals surface area contributed by atoms with Crippen LogP contribution >= 0.6 is 0 Å². The zero-order valence-corrected chi connectivity index (χ0v) is 11.1. The Labute approximate surface area is 108 Å². The number of nitrogens with two attached hydrogens (primary N) is 1. The van der Waals surface area contributed by atoms with Gasteiger partial charge in [0, 0.05) is 19.3 Å². The van der Waals surface area contributed by atoms with Gasteiger partial charge in [0.15, 0.2) is 0 Å². The van der Waals surface area contributed by atoms with Crippen LogP contribution in [0.25, 0.3) is 0 Å². The van der Waals surface area contributed by atoms with Crippen LogP contribution in [0.15, 0.2) is 18.3 Å². The molecular formula is C14H21N3O. The van der Waals surface area contributed by atoms with Crippen molar-refractivity contribution in [2.45, 2.75) is 33.1 Å². The van der Waals surface area contributed by atoms with E-state index in [1.54, 1.807) is 18.3 Å². The summed E-state index contributed by atoms with van der Waals surface area (Å²) in [5.41, 5.74) is 6.50. The molecule has 2 N–H and O–H groups in total. The zero-order valence-electron chi connectivity index (χ0n) is 11.1. The van der Waals surface area contributed by atoms with Crippen LogP contribution in [0.4, 0.5) is 5.82 Å². The van der Waals surface area contributed by atoms with Gasteiger partial charge in [-0.1, -0.05) is 13.8 Å². The first-order valence-electron chi connectivity index (χ1n) is 6.49. The van der Waals surface area contributed by atoms with E-state index < -0.39 is 0 Å². The van der Waals surface area contributed by atoms with Crippen molar-refractivity contribution < 1.29 is 4.79 Å². The lowest BCUT2D eigenvalue weighted by molar-refractivity contribution is 0.0757. The SMILES string of the molecule is CC1(C)CCCN(C(=O)c2ccc(N)nc2)CC1. The van der Waals surface area contributed by atoms with Crippen molar-refractivity contribution in [1.82, 2.24) is 9.88 Å². The third-order valence-corrected chi connectivity index (χ3v) is 3.66. The number of carbonyl (C=O) groups is 1. The molecule has 98 valence electrons. The van der Waals surface area contributed by atoms with Crippen molar-refractivity contribution in [1.29, 1.82) is 0 Å². The fraction of sp³-hybridized carbons (Fsp3) is 0.571. The number of nitrogen functional groups attached to an aromatic ring is 1. The van der Waals surface area contributed by atoms with E-state index in [-0.39, 0.29) is 5.91 Å². The number of aromatic nitrogens is 1. The highest BCUT2D eigenvalue weighted by atomic mass is 16.2. The van der Waals surface area contributed by atoms with Gasteiger partial charge in [0.05, 0.1) is 5.56 Å². The number of rotatable bonds is 1. The Balaban J connectivity index is 2.07. The van der Waals surface area contributed by atoms with Crippen LogP contribution in [-0.4, -0.2) is 28.9 Å². The van der Waals surface area contributed by atoms with E-state index in [9.17, 15) is 4.79 Å². The molecule has 0 atom stereocenters. The van der Waals surface area contributed by atoms with Crippen LogP contribution in [0.2, 0.25) is 0 Å². The predicted molar refractivity (Wildman–Crippen MR) is 72.2 cm³/mol. The van der Waals surface area contributed by atoms with Crippen molar-refractivity contribution in [3.05, 3.63) is 23.9 Å². The molecule has 1 aliphatic rings. The minimum atomic E-state index is 0.0696. The van der Waals surface area contributed by atoms with Gasteiger partial charge in [-0.15, -0.1) is 0 Å². The van der Waals surface area contributed by atoms with Gasteiger partial charge in [0.25, 0.3) is 5.91 Å². The lowest BCUT2D eigenvalue weighted by Crippen LogP contribution is -2.32. The molecule has 1 aromatic rings. The van der Waals surface area contributed by atoms with Gasteiger partial charge in [0.1, 0.15) is 5.82 Å². The summed E-state index contributed by atoms with van der Waals surface area (Å²) in [6.45, 7) is 6.21. The number of hydrogen-bond donors (Lipinski definition) is 1. The fourth-order valence-electron chi connectivity index (χ4n) is 2.34. The van der Waals surface area contributed by atoms with Crippen molar-refractivity contribution >= 4 is 11.7 Å². The molecule has 18 heavy (non-hydrogen) atoms. The monoisotopic (exact) mass is 247 g/mol. The number of pyridine rings is 1. The van der Waals surface area contributed by atoms with E-state index in [4.69, 9.17) is 5.73 Å². The quantitative estimate of drug-likeness (QED) is 0.828. The second kappa shape index (κ2) is 4.96. The van der Waals surface area contributed by atoms with Crippen molar-refractivity contribution in [2.75, 3.05) is 18.8 Å². The maximum absolute atomic E-state index is 12.3. The minimum absolute atomic E-state index is 0.0696. The highest BCUT2D eigenvalue weighted by molar-refractivity contribution is 5.94. The summed E-state index contributed by atoms with van der Waals surface area (Å²) < 4.78 is 0. The Morgan fingerprint density at radius 2 is 2.11 bits per heavy atom. The van der Waals surface area contributed by atoms with E-state index >= 15 is 0 Å². The molecule has 0 bridgehead atoms. The van der Waals surface area contributed by atoms with E-state index in [0.29, 0.717) is 16.8 Å². The van der Waals surface area contributed by atoms with Crippen LogP contribution in [-0.2, 0) is 0 Å². The van der Waals surface area contributed by atoms with Crippen molar-refractivity contribution in [3.63, 3.8) is 0 Å². The molecule has 1 fully saturated rings. The first-order valence-corrected chi connectivity index (χ1v) is 6.49. The van der Waals surface area contributed by atoms with Gasteiger partial charge < -0.3 is 10.6 Å². The predicted octanol–water partition coefficient (Wildman–Crippen LogP) is 2.32. The molecule has 1 aromatic heterocycles. The highest BCUT2D eigenvalue weighted by Crippen LogP contribution is 2.30. The molecule has 1 saturated heterocycles. The maximum Gasteiger partial charge on any atom is 0.255 e. The highest BCUT2D eigenvalue weighted by Gasteiger charge is 2.25. The second-order valence-corrected chi connectivity index (χ2v) is 5.78. The van der Waals surface area contributed by atoms with Crippen LogP contribution in [0.1, 0.15) is 43.5 Å². The molecule has 0 saturated carbocycles. The average Bonchev–Trinajstić information content (AvgIpc) is 2.50. The van der Waals surface area contributed by atoms with Gasteiger partial charge in [-0.2, -0.15) is 0 Å². The molecule has 1 amide bonds. The van der Waals surface area contributed by atoms with Gasteiger partial charge in [-0.05, 0) is 36.8 Å². The van der Waals surface area contributed by atoms with Crippen LogP contribution in [0.3, 0.4) is 0 Å². The molecular weight excluding hydrogens is 226 g/mol. The number of carbonyl (C=O) groups excluding carboxylic acids is 1. The molecule has 4 nitrogen and oxygen atoms in total. The number of likely N-dealkylation sites (tertiary alicyclic amines) is 1. The normalized spacial score (nSPS) is 19.3. The first-order chi connectivity index (χ1) is 8.48. The Hall–Kier alpha value is -1.58. The van der Waals surface area contributed by atoms with E-state index in [2.05, 4.69) is 18.8 Å². The van der Waals surface area contributed by atoms with Gasteiger partial charge in [-0.3, -0.25) is 4.79 Å². The van der Waals surface area contributed by atoms with Crippen LogP contribution in [0, 0.1) is 5.41 Å². The smallest absolute Gasteiger partial charge is 0.255 e. The molecule has 0 radical (unpaired) electrons. The largest absolute Gasteiger partial charge is 0.384 e. The summed E-state index contributed by atoms with van der Waals surface area (Å²) in [4.78, 5) is 18.2. The van der Waals surface area contributed by atoms with Crippen LogP contribution in [0.5, 0.6) is 0 Å². The number of nitrogens with zero attached hydrogens (tertiary/aromatic N) is 2. The summed E-state index contributed by atoms with van der Waals surface area (Å²) in [6, 6.07) is 3.43. The molecule has 4 heteroatoms. The second-order valence-electron chi connectivity index (χ2n) is 5.78. The third-order valence-electron chi connectivity index (χ3n) is 3.66. The number of anilines is 1. The standard InChI is InChI=1S/C14H21N3O/c1-14(2)6-3-8-17(9-7-14)13(18)11-4-5-12(15)16-10-11/h4-5,10H,3,6-9H2,1-2H3,(H2,15,16). The molecule has 0 spiro atoms. The summed E-state index contributed by atoms with van der Waals surface area (Å²) in [7, 11) is 0. The lowest BCUT2D eigenvalue weighted by atomic mass is 9.85. The van der Waals surface area contributed by atoms with Crippen LogP contribution < -0.4 is 5.73 Å². The minimum Gasteiger partial charge on any atom is -0.384 e. The summed E-state index contributed by atoms with van der Waals surface area (Å²) in [6.07, 6.45) is 4.87. The molecule has 0 aromatic carbocycles. The summed E-state index contributed by atoms with van der Waals surface area (Å²) >= 11 is 0. The summed E-state index contributed by atoms with van der Waals surface area (Å²) in [5, 5.41) is 0. The maximum atomic E-state index is 12.3. The molecule has 1 aliphatic heterocycles. The van der Waals surface area contributed by atoms with E-state index in [1.807, 2.05) is 4.90 Å². The first kappa shape index (κ1) is 12.9. The molecule has 2 rings (SSSR count). The van der Waals surface area contributed by atoms with Gasteiger partial charge in [0.2, 0.25) is 0 Å². The third kappa shape index (κ3) is 3.00. The van der Waals surface area contributed by atoms with Crippen molar-refractivity contribution in [2.24, 2.45) is 5.41 Å². The average molecular weight is 247 g/mol. The fourth-order valence-corrected chi connectivity index (χ4v) is 2.34. The molecule has 0 unspecified atom stereocenters. The lowest BCUT2D eigenvalue weighted by Gasteiger charge is -2.23. The van der Waals surface area contributed by atoms with Gasteiger partial charge in [-0.25, -0.2) is 4.98 Å². The summed E-state index contributed by atoms with van der Waals surface area (Å²) in [5.74, 6) is 0.517. The van der Waals surface area contributed by atoms with E-state index in [0.717, 1.165) is 25.9 Å². The zero-order chi connectivity index (χ0) is 13.2. The van der Waals surface area contributed by atoms with E-state index in [1.165, 1.54) is 6.42 Å². The van der Waals surface area contributed by atoms with Gasteiger partial charge >= 0.3 is 0 Å².